The van der Waals surface area contributed by atoms with Crippen molar-refractivity contribution in [1.82, 2.24) is 15.1 Å². The van der Waals surface area contributed by atoms with E-state index in [2.05, 4.69) is 10.4 Å². The molecule has 0 fully saturated rings. The first kappa shape index (κ1) is 14.7. The average Bonchev–Trinajstić information content (AvgIpc) is 2.81. The predicted octanol–water partition coefficient (Wildman–Crippen LogP) is 2.99. The first-order chi connectivity index (χ1) is 9.55. The molecule has 0 amide bonds. The van der Waals surface area contributed by atoms with Crippen molar-refractivity contribution in [2.75, 3.05) is 7.05 Å². The summed E-state index contributed by atoms with van der Waals surface area (Å²) in [4.78, 5) is 0. The largest absolute Gasteiger partial charge is 0.311 e. The molecule has 20 heavy (non-hydrogen) atoms. The van der Waals surface area contributed by atoms with Crippen LogP contribution in [0.3, 0.4) is 0 Å². The molecular weight excluding hydrogens is 260 g/mol. The van der Waals surface area contributed by atoms with Crippen molar-refractivity contribution in [2.45, 2.75) is 32.9 Å². The molecule has 2 aromatic rings. The Morgan fingerprint density at radius 3 is 2.60 bits per heavy atom. The molecule has 1 N–H and O–H groups in total. The van der Waals surface area contributed by atoms with Crippen LogP contribution in [0.4, 0.5) is 8.78 Å². The van der Waals surface area contributed by atoms with E-state index in [1.807, 2.05) is 31.6 Å². The number of rotatable bonds is 5. The van der Waals surface area contributed by atoms with Gasteiger partial charge in [-0.3, -0.25) is 4.68 Å². The average molecular weight is 279 g/mol. The normalized spacial score (nSPS) is 12.7. The summed E-state index contributed by atoms with van der Waals surface area (Å²) < 4.78 is 28.2. The minimum atomic E-state index is -0.816. The molecule has 0 aliphatic heterocycles. The van der Waals surface area contributed by atoms with Gasteiger partial charge in [0.25, 0.3) is 0 Å². The summed E-state index contributed by atoms with van der Waals surface area (Å²) in [6.07, 6.45) is 0.582. The van der Waals surface area contributed by atoms with Gasteiger partial charge in [0.1, 0.15) is 0 Å². The molecule has 1 heterocycles. The first-order valence-electron chi connectivity index (χ1n) is 6.70. The molecule has 0 radical (unpaired) electrons. The molecule has 0 bridgehead atoms. The van der Waals surface area contributed by atoms with Crippen LogP contribution in [0.1, 0.15) is 29.9 Å². The smallest absolute Gasteiger partial charge is 0.159 e. The molecular formula is C15H19F2N3. The van der Waals surface area contributed by atoms with Crippen molar-refractivity contribution >= 4 is 0 Å². The number of hydrogen-bond donors (Lipinski definition) is 1. The zero-order valence-electron chi connectivity index (χ0n) is 12.0. The fourth-order valence-corrected chi connectivity index (χ4v) is 2.36. The summed E-state index contributed by atoms with van der Waals surface area (Å²) in [6, 6.07) is 6.06. The summed E-state index contributed by atoms with van der Waals surface area (Å²) in [5.41, 5.74) is 2.76. The van der Waals surface area contributed by atoms with Crippen LogP contribution >= 0.6 is 0 Å². The second-order valence-electron chi connectivity index (χ2n) is 4.82. The van der Waals surface area contributed by atoms with Gasteiger partial charge < -0.3 is 5.32 Å². The third-order valence-electron chi connectivity index (χ3n) is 3.36. The van der Waals surface area contributed by atoms with E-state index in [1.165, 1.54) is 12.1 Å². The first-order valence-corrected chi connectivity index (χ1v) is 6.70. The fourth-order valence-electron chi connectivity index (χ4n) is 2.36. The lowest BCUT2D eigenvalue weighted by molar-refractivity contribution is 0.496. The van der Waals surface area contributed by atoms with Crippen LogP contribution < -0.4 is 5.32 Å². The molecule has 0 saturated heterocycles. The molecule has 1 aromatic heterocycles. The van der Waals surface area contributed by atoms with Gasteiger partial charge in [-0.2, -0.15) is 5.10 Å². The molecule has 0 aliphatic rings. The van der Waals surface area contributed by atoms with Crippen LogP contribution in [0.2, 0.25) is 0 Å². The molecule has 0 spiro atoms. The van der Waals surface area contributed by atoms with Crippen LogP contribution in [0.5, 0.6) is 0 Å². The van der Waals surface area contributed by atoms with Gasteiger partial charge >= 0.3 is 0 Å². The van der Waals surface area contributed by atoms with Crippen LogP contribution in [-0.4, -0.2) is 16.8 Å². The Morgan fingerprint density at radius 2 is 2.00 bits per heavy atom. The summed E-state index contributed by atoms with van der Waals surface area (Å²) in [7, 11) is 1.85. The third-order valence-corrected chi connectivity index (χ3v) is 3.36. The Kier molecular flexibility index (Phi) is 4.49. The highest BCUT2D eigenvalue weighted by atomic mass is 19.2. The van der Waals surface area contributed by atoms with Crippen molar-refractivity contribution in [3.8, 4) is 0 Å². The molecule has 3 nitrogen and oxygen atoms in total. The molecule has 108 valence electrons. The number of halogens is 2. The van der Waals surface area contributed by atoms with Gasteiger partial charge in [0.05, 0.1) is 17.4 Å². The summed E-state index contributed by atoms with van der Waals surface area (Å²) in [6.45, 7) is 4.75. The summed E-state index contributed by atoms with van der Waals surface area (Å²) in [5.74, 6) is -1.62. The quantitative estimate of drug-likeness (QED) is 0.912. The van der Waals surface area contributed by atoms with E-state index in [1.54, 1.807) is 6.07 Å². The van der Waals surface area contributed by atoms with Crippen molar-refractivity contribution in [3.63, 3.8) is 0 Å². The molecule has 1 aromatic carbocycles. The summed E-state index contributed by atoms with van der Waals surface area (Å²) in [5, 5.41) is 7.63. The Labute approximate surface area is 117 Å². The Balaban J connectivity index is 2.26. The summed E-state index contributed by atoms with van der Waals surface area (Å²) >= 11 is 0. The van der Waals surface area contributed by atoms with Crippen LogP contribution in [0.25, 0.3) is 0 Å². The van der Waals surface area contributed by atoms with Crippen molar-refractivity contribution in [3.05, 3.63) is 52.9 Å². The molecule has 1 atom stereocenters. The van der Waals surface area contributed by atoms with Gasteiger partial charge in [-0.05, 0) is 51.1 Å². The lowest BCUT2D eigenvalue weighted by Gasteiger charge is -2.17. The lowest BCUT2D eigenvalue weighted by atomic mass is 10.0. The highest BCUT2D eigenvalue weighted by Gasteiger charge is 2.16. The van der Waals surface area contributed by atoms with Crippen molar-refractivity contribution in [1.29, 1.82) is 0 Å². The zero-order valence-corrected chi connectivity index (χ0v) is 12.0. The number of aromatic nitrogens is 2. The molecule has 0 aliphatic carbocycles. The number of likely N-dealkylation sites (N-methyl/N-ethyl adjacent to an activating group) is 1. The number of benzene rings is 1. The van der Waals surface area contributed by atoms with Gasteiger partial charge in [-0.25, -0.2) is 8.78 Å². The second kappa shape index (κ2) is 6.13. The Bertz CT molecular complexity index is 593. The van der Waals surface area contributed by atoms with Crippen LogP contribution in [0.15, 0.2) is 24.3 Å². The molecule has 5 heteroatoms. The predicted molar refractivity (Wildman–Crippen MR) is 74.5 cm³/mol. The van der Waals surface area contributed by atoms with E-state index in [4.69, 9.17) is 0 Å². The highest BCUT2D eigenvalue weighted by molar-refractivity contribution is 5.22. The minimum Gasteiger partial charge on any atom is -0.311 e. The van der Waals surface area contributed by atoms with Gasteiger partial charge in [-0.1, -0.05) is 6.07 Å². The minimum absolute atomic E-state index is 0.0148. The van der Waals surface area contributed by atoms with Crippen LogP contribution in [-0.2, 0) is 13.0 Å². The van der Waals surface area contributed by atoms with Crippen molar-refractivity contribution in [2.24, 2.45) is 0 Å². The molecule has 1 unspecified atom stereocenters. The Morgan fingerprint density at radius 1 is 1.25 bits per heavy atom. The van der Waals surface area contributed by atoms with Crippen molar-refractivity contribution < 1.29 is 8.78 Å². The van der Waals surface area contributed by atoms with Crippen LogP contribution in [0, 0.1) is 18.6 Å². The van der Waals surface area contributed by atoms with E-state index in [9.17, 15) is 8.78 Å². The number of aryl methyl sites for hydroxylation is 2. The standard InChI is InChI=1S/C15H19F2N3/c1-4-20-15(7-10(2)19-20)14(18-3)9-11-5-6-12(16)13(17)8-11/h5-8,14,18H,4,9H2,1-3H3. The maximum absolute atomic E-state index is 13.3. The monoisotopic (exact) mass is 279 g/mol. The van der Waals surface area contributed by atoms with E-state index in [0.29, 0.717) is 6.42 Å². The third kappa shape index (κ3) is 3.04. The van der Waals surface area contributed by atoms with Gasteiger partial charge in [0.2, 0.25) is 0 Å². The van der Waals surface area contributed by atoms with E-state index in [0.717, 1.165) is 23.5 Å². The van der Waals surface area contributed by atoms with E-state index < -0.39 is 11.6 Å². The molecule has 2 rings (SSSR count). The maximum Gasteiger partial charge on any atom is 0.159 e. The molecule has 0 saturated carbocycles. The number of nitrogens with one attached hydrogen (secondary N) is 1. The topological polar surface area (TPSA) is 29.9 Å². The van der Waals surface area contributed by atoms with E-state index in [-0.39, 0.29) is 6.04 Å². The second-order valence-corrected chi connectivity index (χ2v) is 4.82. The highest BCUT2D eigenvalue weighted by Crippen LogP contribution is 2.20. The van der Waals surface area contributed by atoms with Gasteiger partial charge in [0.15, 0.2) is 11.6 Å². The van der Waals surface area contributed by atoms with Gasteiger partial charge in [0, 0.05) is 6.54 Å². The maximum atomic E-state index is 13.3. The lowest BCUT2D eigenvalue weighted by Crippen LogP contribution is -2.22. The number of hydrogen-bond acceptors (Lipinski definition) is 2. The zero-order chi connectivity index (χ0) is 14.7. The van der Waals surface area contributed by atoms with Gasteiger partial charge in [-0.15, -0.1) is 0 Å². The fraction of sp³-hybridized carbons (Fsp3) is 0.400. The Hall–Kier alpha value is -1.75. The van der Waals surface area contributed by atoms with E-state index >= 15 is 0 Å². The SMILES string of the molecule is CCn1nc(C)cc1C(Cc1ccc(F)c(F)c1)NC. The number of nitrogens with zero attached hydrogens (tertiary/aromatic N) is 2.